The first-order valence-electron chi connectivity index (χ1n) is 5.70. The fourth-order valence-corrected chi connectivity index (χ4v) is 2.15. The monoisotopic (exact) mass is 294 g/mol. The summed E-state index contributed by atoms with van der Waals surface area (Å²) in [6.07, 6.45) is 2.49. The highest BCUT2D eigenvalue weighted by Crippen LogP contribution is 2.09. The minimum absolute atomic E-state index is 0.182. The Balaban J connectivity index is 3.12. The van der Waals surface area contributed by atoms with Crippen LogP contribution >= 0.6 is 0 Å². The third-order valence-electron chi connectivity index (χ3n) is 2.23. The van der Waals surface area contributed by atoms with Crippen LogP contribution in [0.5, 0.6) is 0 Å². The fourth-order valence-electron chi connectivity index (χ4n) is 1.46. The number of rotatable bonds is 5. The zero-order chi connectivity index (χ0) is 15.3. The molecule has 0 saturated carbocycles. The van der Waals surface area contributed by atoms with Crippen molar-refractivity contribution in [3.63, 3.8) is 0 Å². The first-order chi connectivity index (χ1) is 9.17. The van der Waals surface area contributed by atoms with E-state index in [1.165, 1.54) is 6.08 Å². The number of hydrogen-bond donors (Lipinski definition) is 3. The molecular formula is C13H18N4O2S. The average molecular weight is 294 g/mol. The summed E-state index contributed by atoms with van der Waals surface area (Å²) in [6.45, 7) is 3.50. The molecule has 0 amide bonds. The van der Waals surface area contributed by atoms with Gasteiger partial charge >= 0.3 is 0 Å². The SMILES string of the molecule is C=C(N)/C=C(CS(C)(=O)=O)\N=C(/N)c1ccc(N)cc1. The van der Waals surface area contributed by atoms with Crippen LogP contribution in [0.15, 0.2) is 53.3 Å². The number of aliphatic imine (C=N–C) groups is 1. The number of nitrogens with two attached hydrogens (primary N) is 3. The van der Waals surface area contributed by atoms with Gasteiger partial charge in [-0.1, -0.05) is 6.58 Å². The molecule has 0 aliphatic heterocycles. The summed E-state index contributed by atoms with van der Waals surface area (Å²) in [5.41, 5.74) is 18.6. The molecule has 1 rings (SSSR count). The largest absolute Gasteiger partial charge is 0.399 e. The summed E-state index contributed by atoms with van der Waals surface area (Å²) >= 11 is 0. The van der Waals surface area contributed by atoms with E-state index in [0.717, 1.165) is 6.26 Å². The molecule has 0 bridgehead atoms. The third-order valence-corrected chi connectivity index (χ3v) is 3.05. The van der Waals surface area contributed by atoms with Crippen molar-refractivity contribution in [1.82, 2.24) is 0 Å². The first kappa shape index (κ1) is 15.8. The number of benzene rings is 1. The number of nitrogen functional groups attached to an aromatic ring is 1. The predicted molar refractivity (Wildman–Crippen MR) is 82.7 cm³/mol. The zero-order valence-corrected chi connectivity index (χ0v) is 12.0. The molecule has 6 nitrogen and oxygen atoms in total. The highest BCUT2D eigenvalue weighted by Gasteiger charge is 2.08. The van der Waals surface area contributed by atoms with Crippen LogP contribution in [0, 0.1) is 0 Å². The van der Waals surface area contributed by atoms with Crippen LogP contribution < -0.4 is 17.2 Å². The smallest absolute Gasteiger partial charge is 0.153 e. The Morgan fingerprint density at radius 3 is 2.30 bits per heavy atom. The molecule has 20 heavy (non-hydrogen) atoms. The van der Waals surface area contributed by atoms with Crippen LogP contribution in [-0.4, -0.2) is 26.3 Å². The number of anilines is 1. The molecule has 0 unspecified atom stereocenters. The lowest BCUT2D eigenvalue weighted by Gasteiger charge is -2.05. The highest BCUT2D eigenvalue weighted by molar-refractivity contribution is 7.90. The number of nitrogens with zero attached hydrogens (tertiary/aromatic N) is 1. The standard InChI is InChI=1S/C13H18N4O2S/c1-9(14)7-12(8-20(2,18)19)17-13(16)10-3-5-11(15)6-4-10/h3-7H,1,8,14-15H2,2H3,(H2,16,17)/b12-7-. The molecule has 0 saturated heterocycles. The van der Waals surface area contributed by atoms with Crippen molar-refractivity contribution in [2.45, 2.75) is 0 Å². The summed E-state index contributed by atoms with van der Waals surface area (Å²) in [5, 5.41) is 0. The van der Waals surface area contributed by atoms with Crippen LogP contribution in [0.1, 0.15) is 5.56 Å². The number of hydrogen-bond acceptors (Lipinski definition) is 5. The minimum atomic E-state index is -3.25. The lowest BCUT2D eigenvalue weighted by atomic mass is 10.2. The Morgan fingerprint density at radius 1 is 1.30 bits per heavy atom. The Bertz CT molecular complexity index is 658. The Hall–Kier alpha value is -2.28. The van der Waals surface area contributed by atoms with E-state index in [1.54, 1.807) is 24.3 Å². The van der Waals surface area contributed by atoms with Gasteiger partial charge < -0.3 is 17.2 Å². The molecule has 0 aromatic heterocycles. The maximum Gasteiger partial charge on any atom is 0.153 e. The second-order valence-corrected chi connectivity index (χ2v) is 6.54. The lowest BCUT2D eigenvalue weighted by Crippen LogP contribution is -2.16. The molecule has 0 atom stereocenters. The van der Waals surface area contributed by atoms with E-state index in [1.807, 2.05) is 0 Å². The zero-order valence-electron chi connectivity index (χ0n) is 11.2. The Labute approximate surface area is 118 Å². The third kappa shape index (κ3) is 5.57. The van der Waals surface area contributed by atoms with E-state index < -0.39 is 9.84 Å². The molecular weight excluding hydrogens is 276 g/mol. The van der Waals surface area contributed by atoms with Crippen molar-refractivity contribution < 1.29 is 8.42 Å². The van der Waals surface area contributed by atoms with Crippen LogP contribution in [0.2, 0.25) is 0 Å². The van der Waals surface area contributed by atoms with E-state index in [4.69, 9.17) is 17.2 Å². The fraction of sp³-hybridized carbons (Fsp3) is 0.154. The molecule has 0 radical (unpaired) electrons. The molecule has 0 aliphatic rings. The number of sulfone groups is 1. The van der Waals surface area contributed by atoms with Gasteiger partial charge in [-0.05, 0) is 30.3 Å². The summed E-state index contributed by atoms with van der Waals surface area (Å²) in [4.78, 5) is 4.10. The predicted octanol–water partition coefficient (Wildman–Crippen LogP) is 0.375. The normalized spacial score (nSPS) is 13.2. The summed E-state index contributed by atoms with van der Waals surface area (Å²) in [7, 11) is -3.25. The van der Waals surface area contributed by atoms with Crippen molar-refractivity contribution >= 4 is 21.4 Å². The molecule has 1 aromatic rings. The highest BCUT2D eigenvalue weighted by atomic mass is 32.2. The van der Waals surface area contributed by atoms with Crippen molar-refractivity contribution in [2.24, 2.45) is 16.5 Å². The van der Waals surface area contributed by atoms with Gasteiger partial charge in [-0.15, -0.1) is 0 Å². The van der Waals surface area contributed by atoms with Crippen molar-refractivity contribution in [3.05, 3.63) is 53.9 Å². The van der Waals surface area contributed by atoms with Gasteiger partial charge in [0, 0.05) is 23.2 Å². The van der Waals surface area contributed by atoms with Crippen LogP contribution in [0.4, 0.5) is 5.69 Å². The van der Waals surface area contributed by atoms with Gasteiger partial charge in [-0.2, -0.15) is 0 Å². The Kier molecular flexibility index (Phi) is 4.93. The van der Waals surface area contributed by atoms with Crippen LogP contribution in [0.3, 0.4) is 0 Å². The molecule has 0 heterocycles. The van der Waals surface area contributed by atoms with Crippen molar-refractivity contribution in [2.75, 3.05) is 17.7 Å². The van der Waals surface area contributed by atoms with Gasteiger partial charge in [0.1, 0.15) is 5.84 Å². The topological polar surface area (TPSA) is 125 Å². The van der Waals surface area contributed by atoms with Crippen molar-refractivity contribution in [1.29, 1.82) is 0 Å². The number of allylic oxidation sites excluding steroid dienone is 1. The average Bonchev–Trinajstić information content (AvgIpc) is 2.26. The first-order valence-corrected chi connectivity index (χ1v) is 7.76. The summed E-state index contributed by atoms with van der Waals surface area (Å²) < 4.78 is 22.7. The quantitative estimate of drug-likeness (QED) is 0.313. The minimum Gasteiger partial charge on any atom is -0.399 e. The molecule has 0 fully saturated rings. The summed E-state index contributed by atoms with van der Waals surface area (Å²) in [6, 6.07) is 6.76. The second kappa shape index (κ2) is 6.25. The van der Waals surface area contributed by atoms with Crippen molar-refractivity contribution in [3.8, 4) is 0 Å². The van der Waals surface area contributed by atoms with Gasteiger partial charge in [0.25, 0.3) is 0 Å². The van der Waals surface area contributed by atoms with Gasteiger partial charge in [0.2, 0.25) is 0 Å². The molecule has 1 aromatic carbocycles. The molecule has 108 valence electrons. The lowest BCUT2D eigenvalue weighted by molar-refractivity contribution is 0.603. The maximum atomic E-state index is 11.3. The van der Waals surface area contributed by atoms with Gasteiger partial charge in [-0.3, -0.25) is 0 Å². The van der Waals surface area contributed by atoms with E-state index in [9.17, 15) is 8.42 Å². The van der Waals surface area contributed by atoms with Gasteiger partial charge in [0.05, 0.1) is 11.4 Å². The molecule has 0 spiro atoms. The Morgan fingerprint density at radius 2 is 1.85 bits per heavy atom. The number of amidine groups is 1. The van der Waals surface area contributed by atoms with Crippen LogP contribution in [-0.2, 0) is 9.84 Å². The van der Waals surface area contributed by atoms with E-state index in [-0.39, 0.29) is 23.0 Å². The van der Waals surface area contributed by atoms with Gasteiger partial charge in [0.15, 0.2) is 9.84 Å². The van der Waals surface area contributed by atoms with E-state index in [0.29, 0.717) is 11.3 Å². The van der Waals surface area contributed by atoms with E-state index >= 15 is 0 Å². The maximum absolute atomic E-state index is 11.3. The molecule has 0 aliphatic carbocycles. The molecule has 6 N–H and O–H groups in total. The van der Waals surface area contributed by atoms with Crippen LogP contribution in [0.25, 0.3) is 0 Å². The van der Waals surface area contributed by atoms with Gasteiger partial charge in [-0.25, -0.2) is 13.4 Å². The molecule has 7 heteroatoms. The second-order valence-electron chi connectivity index (χ2n) is 4.40. The summed E-state index contributed by atoms with van der Waals surface area (Å²) in [5.74, 6) is -0.0834. The van der Waals surface area contributed by atoms with E-state index in [2.05, 4.69) is 11.6 Å².